The summed E-state index contributed by atoms with van der Waals surface area (Å²) < 4.78 is 28.0. The fraction of sp³-hybridized carbons (Fsp3) is 0.533. The Bertz CT molecular complexity index is 532. The maximum atomic E-state index is 14.0. The molecule has 1 unspecified atom stereocenters. The molecule has 0 aliphatic carbocycles. The Morgan fingerprint density at radius 1 is 1.14 bits per heavy atom. The molecule has 0 amide bonds. The van der Waals surface area contributed by atoms with Crippen LogP contribution in [0.1, 0.15) is 12.0 Å². The van der Waals surface area contributed by atoms with Crippen molar-refractivity contribution in [2.45, 2.75) is 12.5 Å². The average Bonchev–Trinajstić information content (AvgIpc) is 3.01. The van der Waals surface area contributed by atoms with Crippen LogP contribution in [0.3, 0.4) is 0 Å². The molecule has 112 valence electrons. The molecule has 1 aromatic carbocycles. The largest absolute Gasteiger partial charge is 0.364 e. The normalized spacial score (nSPS) is 23.3. The van der Waals surface area contributed by atoms with Crippen molar-refractivity contribution in [2.24, 2.45) is 0 Å². The van der Waals surface area contributed by atoms with Crippen LogP contribution in [0.15, 0.2) is 12.1 Å². The second kappa shape index (κ2) is 5.96. The van der Waals surface area contributed by atoms with Crippen molar-refractivity contribution in [1.29, 1.82) is 5.26 Å². The Kier molecular flexibility index (Phi) is 4.04. The second-order valence-electron chi connectivity index (χ2n) is 5.57. The molecule has 0 spiro atoms. The number of hydrogen-bond acceptors (Lipinski definition) is 4. The quantitative estimate of drug-likeness (QED) is 0.893. The average molecular weight is 292 g/mol. The molecule has 1 aromatic rings. The van der Waals surface area contributed by atoms with E-state index < -0.39 is 11.6 Å². The zero-order valence-electron chi connectivity index (χ0n) is 11.8. The molecule has 21 heavy (non-hydrogen) atoms. The predicted octanol–water partition coefficient (Wildman–Crippen LogP) is 1.32. The topological polar surface area (TPSA) is 42.3 Å². The molecule has 0 bridgehead atoms. The fourth-order valence-corrected chi connectivity index (χ4v) is 3.19. The summed E-state index contributed by atoms with van der Waals surface area (Å²) in [6.07, 6.45) is 1.14. The molecule has 2 aliphatic heterocycles. The summed E-state index contributed by atoms with van der Waals surface area (Å²) in [5, 5.41) is 12.1. The summed E-state index contributed by atoms with van der Waals surface area (Å²) in [7, 11) is 0. The number of hydrogen-bond donors (Lipinski definition) is 1. The third kappa shape index (κ3) is 2.85. The Morgan fingerprint density at radius 2 is 1.81 bits per heavy atom. The predicted molar refractivity (Wildman–Crippen MR) is 76.1 cm³/mol. The van der Waals surface area contributed by atoms with E-state index in [4.69, 9.17) is 5.26 Å². The minimum absolute atomic E-state index is 0.00167. The molecular weight excluding hydrogens is 274 g/mol. The third-order valence-electron chi connectivity index (χ3n) is 4.33. The first-order valence-electron chi connectivity index (χ1n) is 7.28. The molecule has 2 heterocycles. The summed E-state index contributed by atoms with van der Waals surface area (Å²) in [5.74, 6) is -1.30. The second-order valence-corrected chi connectivity index (χ2v) is 5.57. The van der Waals surface area contributed by atoms with Gasteiger partial charge in [0.15, 0.2) is 11.6 Å². The van der Waals surface area contributed by atoms with Crippen LogP contribution in [0, 0.1) is 23.0 Å². The van der Waals surface area contributed by atoms with Crippen molar-refractivity contribution in [3.63, 3.8) is 0 Å². The molecular formula is C15H18F2N4. The highest BCUT2D eigenvalue weighted by molar-refractivity contribution is 5.53. The van der Waals surface area contributed by atoms with Crippen molar-refractivity contribution >= 4 is 5.69 Å². The Labute approximate surface area is 122 Å². The smallest absolute Gasteiger partial charge is 0.150 e. The maximum Gasteiger partial charge on any atom is 0.150 e. The van der Waals surface area contributed by atoms with E-state index in [-0.39, 0.29) is 11.3 Å². The van der Waals surface area contributed by atoms with Crippen molar-refractivity contribution < 1.29 is 8.78 Å². The highest BCUT2D eigenvalue weighted by atomic mass is 19.1. The number of benzene rings is 1. The van der Waals surface area contributed by atoms with E-state index in [1.165, 1.54) is 0 Å². The van der Waals surface area contributed by atoms with Crippen molar-refractivity contribution in [3.05, 3.63) is 29.3 Å². The monoisotopic (exact) mass is 292 g/mol. The van der Waals surface area contributed by atoms with Crippen LogP contribution in [-0.2, 0) is 0 Å². The SMILES string of the molecule is N#Cc1cc(F)c(N2CCN(C3CCNC3)CC2)c(F)c1. The van der Waals surface area contributed by atoms with Gasteiger partial charge in [-0.3, -0.25) is 4.90 Å². The highest BCUT2D eigenvalue weighted by Gasteiger charge is 2.28. The standard InChI is InChI=1S/C15H18F2N4/c16-13-7-11(9-18)8-14(17)15(13)21-5-3-20(4-6-21)12-1-2-19-10-12/h7-8,12,19H,1-6,10H2. The van der Waals surface area contributed by atoms with Gasteiger partial charge >= 0.3 is 0 Å². The lowest BCUT2D eigenvalue weighted by molar-refractivity contribution is 0.196. The lowest BCUT2D eigenvalue weighted by atomic mass is 10.1. The minimum atomic E-state index is -0.650. The van der Waals surface area contributed by atoms with Gasteiger partial charge in [0.1, 0.15) is 5.69 Å². The van der Waals surface area contributed by atoms with Crippen LogP contribution in [-0.4, -0.2) is 50.2 Å². The molecule has 3 rings (SSSR count). The van der Waals surface area contributed by atoms with Crippen molar-refractivity contribution in [3.8, 4) is 6.07 Å². The zero-order chi connectivity index (χ0) is 14.8. The molecule has 2 fully saturated rings. The minimum Gasteiger partial charge on any atom is -0.364 e. The van der Waals surface area contributed by atoms with Crippen molar-refractivity contribution in [1.82, 2.24) is 10.2 Å². The van der Waals surface area contributed by atoms with Crippen LogP contribution in [0.5, 0.6) is 0 Å². The van der Waals surface area contributed by atoms with Gasteiger partial charge in [-0.1, -0.05) is 0 Å². The maximum absolute atomic E-state index is 14.0. The fourth-order valence-electron chi connectivity index (χ4n) is 3.19. The van der Waals surface area contributed by atoms with Crippen LogP contribution < -0.4 is 10.2 Å². The number of nitrogens with one attached hydrogen (secondary N) is 1. The summed E-state index contributed by atoms with van der Waals surface area (Å²) in [4.78, 5) is 4.13. The van der Waals surface area contributed by atoms with Gasteiger partial charge in [-0.2, -0.15) is 5.26 Å². The van der Waals surface area contributed by atoms with E-state index in [0.717, 1.165) is 44.7 Å². The van der Waals surface area contributed by atoms with Gasteiger partial charge in [0.05, 0.1) is 11.6 Å². The Morgan fingerprint density at radius 3 is 2.33 bits per heavy atom. The molecule has 0 aromatic heterocycles. The molecule has 1 N–H and O–H groups in total. The number of nitrogens with zero attached hydrogens (tertiary/aromatic N) is 3. The van der Waals surface area contributed by atoms with E-state index >= 15 is 0 Å². The molecule has 4 nitrogen and oxygen atoms in total. The summed E-state index contributed by atoms with van der Waals surface area (Å²) >= 11 is 0. The number of rotatable bonds is 2. The number of halogens is 2. The summed E-state index contributed by atoms with van der Waals surface area (Å²) in [5.41, 5.74) is 0.0163. The Balaban J connectivity index is 1.71. The van der Waals surface area contributed by atoms with Crippen LogP contribution >= 0.6 is 0 Å². The van der Waals surface area contributed by atoms with Gasteiger partial charge in [0, 0.05) is 38.8 Å². The molecule has 2 aliphatic rings. The molecule has 0 radical (unpaired) electrons. The van der Waals surface area contributed by atoms with E-state index in [1.807, 2.05) is 0 Å². The van der Waals surface area contributed by atoms with Gasteiger partial charge < -0.3 is 10.2 Å². The third-order valence-corrected chi connectivity index (χ3v) is 4.33. The lowest BCUT2D eigenvalue weighted by Crippen LogP contribution is -2.51. The first kappa shape index (κ1) is 14.2. The van der Waals surface area contributed by atoms with Crippen LogP contribution in [0.2, 0.25) is 0 Å². The van der Waals surface area contributed by atoms with Crippen LogP contribution in [0.25, 0.3) is 0 Å². The zero-order valence-corrected chi connectivity index (χ0v) is 11.8. The lowest BCUT2D eigenvalue weighted by Gasteiger charge is -2.39. The van der Waals surface area contributed by atoms with Crippen LogP contribution in [0.4, 0.5) is 14.5 Å². The van der Waals surface area contributed by atoms with Gasteiger partial charge in [-0.15, -0.1) is 0 Å². The van der Waals surface area contributed by atoms with Gasteiger partial charge in [-0.05, 0) is 25.1 Å². The van der Waals surface area contributed by atoms with E-state index in [2.05, 4.69) is 10.2 Å². The van der Waals surface area contributed by atoms with Gasteiger partial charge in [0.2, 0.25) is 0 Å². The summed E-state index contributed by atoms with van der Waals surface area (Å²) in [6, 6.07) is 4.52. The molecule has 2 saturated heterocycles. The van der Waals surface area contributed by atoms with Gasteiger partial charge in [0.25, 0.3) is 0 Å². The highest BCUT2D eigenvalue weighted by Crippen LogP contribution is 2.26. The molecule has 6 heteroatoms. The number of nitriles is 1. The molecule has 1 atom stereocenters. The number of piperazine rings is 1. The summed E-state index contributed by atoms with van der Waals surface area (Å²) in [6.45, 7) is 4.88. The first-order chi connectivity index (χ1) is 10.2. The first-order valence-corrected chi connectivity index (χ1v) is 7.28. The van der Waals surface area contributed by atoms with Gasteiger partial charge in [-0.25, -0.2) is 8.78 Å². The Hall–Kier alpha value is -1.71. The van der Waals surface area contributed by atoms with E-state index in [9.17, 15) is 8.78 Å². The molecule has 0 saturated carbocycles. The number of anilines is 1. The van der Waals surface area contributed by atoms with E-state index in [1.54, 1.807) is 11.0 Å². The van der Waals surface area contributed by atoms with Crippen molar-refractivity contribution in [2.75, 3.05) is 44.2 Å². The van der Waals surface area contributed by atoms with E-state index in [0.29, 0.717) is 19.1 Å².